The monoisotopic (exact) mass is 671 g/mol. The Balaban J connectivity index is 2.44. The molecule has 0 aromatic heterocycles. The SMILES string of the molecule is C[C@H](NC(=O)CNC(=O)[C@H](CC(=O)O)NC(=O)[C@@H]1CCCN1)C(=O)N[C@@H](C)C(=O)N[C@@H](C)C(=O)NCC(=O)NCC(=O)NCC(=O)O. The van der Waals surface area contributed by atoms with Gasteiger partial charge in [0.15, 0.2) is 0 Å². The molecule has 0 saturated carbocycles. The van der Waals surface area contributed by atoms with Gasteiger partial charge in [0.05, 0.1) is 32.1 Å². The first-order valence-corrected chi connectivity index (χ1v) is 14.5. The minimum atomic E-state index is -1.44. The summed E-state index contributed by atoms with van der Waals surface area (Å²) in [6.45, 7) is 2.14. The number of carbonyl (C=O) groups is 10. The highest BCUT2D eigenvalue weighted by atomic mass is 16.4. The maximum Gasteiger partial charge on any atom is 0.322 e. The van der Waals surface area contributed by atoms with E-state index in [9.17, 15) is 47.9 Å². The van der Waals surface area contributed by atoms with Crippen LogP contribution < -0.4 is 47.9 Å². The van der Waals surface area contributed by atoms with E-state index >= 15 is 0 Å². The third kappa shape index (κ3) is 16.0. The summed E-state index contributed by atoms with van der Waals surface area (Å²) in [7, 11) is 0. The molecule has 11 N–H and O–H groups in total. The minimum absolute atomic E-state index is 0.522. The molecule has 0 aliphatic carbocycles. The Labute approximate surface area is 268 Å². The van der Waals surface area contributed by atoms with Crippen molar-refractivity contribution in [2.75, 3.05) is 32.7 Å². The van der Waals surface area contributed by atoms with Gasteiger partial charge in [0, 0.05) is 0 Å². The van der Waals surface area contributed by atoms with Crippen LogP contribution in [-0.2, 0) is 47.9 Å². The van der Waals surface area contributed by atoms with E-state index in [-0.39, 0.29) is 0 Å². The standard InChI is InChI=1S/C26H41N9O12/c1-12(22(43)30-9-18(37)28-8-17(36)29-11-21(41)42)33-24(45)14(3)34-23(44)13(2)32-19(38)10-31-25(46)16(7-20(39)40)35-26(47)15-5-4-6-27-15/h12-16,27H,4-11H2,1-3H3,(H,28,37)(H,29,36)(H,30,43)(H,31,46)(H,32,38)(H,33,45)(H,34,44)(H,35,47)(H,39,40)(H,41,42)/t12-,13-,14-,15-,16-/m0/s1. The molecule has 262 valence electrons. The lowest BCUT2D eigenvalue weighted by Crippen LogP contribution is -2.56. The van der Waals surface area contributed by atoms with Crippen molar-refractivity contribution in [1.29, 1.82) is 0 Å². The van der Waals surface area contributed by atoms with E-state index in [2.05, 4.69) is 42.5 Å². The molecule has 8 amide bonds. The van der Waals surface area contributed by atoms with Crippen LogP contribution in [-0.4, -0.2) is 132 Å². The predicted octanol–water partition coefficient (Wildman–Crippen LogP) is -6.24. The number of rotatable bonds is 19. The van der Waals surface area contributed by atoms with E-state index in [4.69, 9.17) is 10.2 Å². The lowest BCUT2D eigenvalue weighted by molar-refractivity contribution is -0.141. The first kappa shape index (κ1) is 39.7. The average molecular weight is 672 g/mol. The molecule has 0 aromatic rings. The van der Waals surface area contributed by atoms with Crippen molar-refractivity contribution in [2.24, 2.45) is 0 Å². The Hall–Kier alpha value is -5.34. The summed E-state index contributed by atoms with van der Waals surface area (Å²) >= 11 is 0. The summed E-state index contributed by atoms with van der Waals surface area (Å²) < 4.78 is 0. The van der Waals surface area contributed by atoms with Gasteiger partial charge in [-0.05, 0) is 40.2 Å². The molecule has 0 unspecified atom stereocenters. The van der Waals surface area contributed by atoms with Crippen LogP contribution in [0.5, 0.6) is 0 Å². The number of hydrogen-bond donors (Lipinski definition) is 11. The van der Waals surface area contributed by atoms with Gasteiger partial charge in [-0.3, -0.25) is 47.9 Å². The third-order valence-corrected chi connectivity index (χ3v) is 6.39. The summed E-state index contributed by atoms with van der Waals surface area (Å²) in [4.78, 5) is 119. The lowest BCUT2D eigenvalue weighted by Gasteiger charge is -2.21. The predicted molar refractivity (Wildman–Crippen MR) is 158 cm³/mol. The topological polar surface area (TPSA) is 319 Å². The fraction of sp³-hybridized carbons (Fsp3) is 0.615. The molecule has 0 aromatic carbocycles. The summed E-state index contributed by atoms with van der Waals surface area (Å²) in [6, 6.07) is -5.53. The van der Waals surface area contributed by atoms with Crippen molar-refractivity contribution in [3.05, 3.63) is 0 Å². The zero-order valence-corrected chi connectivity index (χ0v) is 26.0. The molecule has 1 saturated heterocycles. The van der Waals surface area contributed by atoms with Crippen molar-refractivity contribution >= 4 is 59.2 Å². The van der Waals surface area contributed by atoms with Crippen LogP contribution in [0.25, 0.3) is 0 Å². The highest BCUT2D eigenvalue weighted by molar-refractivity contribution is 5.96. The van der Waals surface area contributed by atoms with E-state index in [0.29, 0.717) is 13.0 Å². The number of nitrogens with one attached hydrogen (secondary N) is 9. The Morgan fingerprint density at radius 2 is 1.09 bits per heavy atom. The molecule has 0 radical (unpaired) electrons. The molecule has 21 nitrogen and oxygen atoms in total. The molecule has 1 fully saturated rings. The Morgan fingerprint density at radius 3 is 1.62 bits per heavy atom. The maximum atomic E-state index is 12.5. The van der Waals surface area contributed by atoms with Crippen LogP contribution in [0.15, 0.2) is 0 Å². The van der Waals surface area contributed by atoms with Crippen molar-refractivity contribution in [2.45, 2.75) is 70.2 Å². The van der Waals surface area contributed by atoms with Crippen molar-refractivity contribution in [3.63, 3.8) is 0 Å². The highest BCUT2D eigenvalue weighted by Crippen LogP contribution is 2.06. The molecular weight excluding hydrogens is 630 g/mol. The zero-order chi connectivity index (χ0) is 35.7. The number of carboxylic acids is 2. The Bertz CT molecular complexity index is 1220. The third-order valence-electron chi connectivity index (χ3n) is 6.39. The molecule has 0 bridgehead atoms. The number of aliphatic carboxylic acids is 2. The number of carboxylic acid groups (broad SMARTS) is 2. The van der Waals surface area contributed by atoms with E-state index in [1.54, 1.807) is 0 Å². The lowest BCUT2D eigenvalue weighted by atomic mass is 10.1. The van der Waals surface area contributed by atoms with Crippen molar-refractivity contribution in [3.8, 4) is 0 Å². The van der Waals surface area contributed by atoms with E-state index in [1.165, 1.54) is 20.8 Å². The maximum absolute atomic E-state index is 12.5. The second-order valence-corrected chi connectivity index (χ2v) is 10.4. The first-order valence-electron chi connectivity index (χ1n) is 14.5. The molecule has 1 rings (SSSR count). The average Bonchev–Trinajstić information content (AvgIpc) is 3.55. The molecule has 21 heteroatoms. The van der Waals surface area contributed by atoms with Gasteiger partial charge in [-0.25, -0.2) is 0 Å². The Morgan fingerprint density at radius 1 is 0.596 bits per heavy atom. The smallest absolute Gasteiger partial charge is 0.322 e. The van der Waals surface area contributed by atoms with Gasteiger partial charge in [0.25, 0.3) is 0 Å². The molecule has 0 spiro atoms. The van der Waals surface area contributed by atoms with Gasteiger partial charge >= 0.3 is 11.9 Å². The van der Waals surface area contributed by atoms with Crippen LogP contribution in [0.2, 0.25) is 0 Å². The fourth-order valence-corrected chi connectivity index (χ4v) is 3.82. The summed E-state index contributed by atoms with van der Waals surface area (Å²) in [5.74, 6) is -8.80. The quantitative estimate of drug-likeness (QED) is 0.0610. The van der Waals surface area contributed by atoms with Gasteiger partial charge in [0.2, 0.25) is 47.3 Å². The summed E-state index contributed by atoms with van der Waals surface area (Å²) in [5, 5.41) is 38.5. The fourth-order valence-electron chi connectivity index (χ4n) is 3.82. The Kier molecular flexibility index (Phi) is 16.8. The van der Waals surface area contributed by atoms with Crippen LogP contribution in [0.3, 0.4) is 0 Å². The van der Waals surface area contributed by atoms with E-state index in [1.807, 2.05) is 5.32 Å². The second kappa shape index (κ2) is 19.9. The second-order valence-electron chi connectivity index (χ2n) is 10.4. The minimum Gasteiger partial charge on any atom is -0.481 e. The van der Waals surface area contributed by atoms with E-state index < -0.39 is 122 Å². The molecule has 1 aliphatic rings. The van der Waals surface area contributed by atoms with Gasteiger partial charge in [-0.2, -0.15) is 0 Å². The largest absolute Gasteiger partial charge is 0.481 e. The van der Waals surface area contributed by atoms with Gasteiger partial charge in [0.1, 0.15) is 30.7 Å². The van der Waals surface area contributed by atoms with Crippen molar-refractivity contribution < 1.29 is 58.2 Å². The normalized spacial score (nSPS) is 16.1. The molecular formula is C26H41N9O12. The first-order chi connectivity index (χ1) is 22.0. The zero-order valence-electron chi connectivity index (χ0n) is 26.0. The van der Waals surface area contributed by atoms with Crippen LogP contribution in [0.1, 0.15) is 40.0 Å². The number of carbonyl (C=O) groups excluding carboxylic acids is 8. The van der Waals surface area contributed by atoms with Crippen LogP contribution in [0, 0.1) is 0 Å². The van der Waals surface area contributed by atoms with Gasteiger partial charge in [-0.1, -0.05) is 0 Å². The van der Waals surface area contributed by atoms with Crippen molar-refractivity contribution in [1.82, 2.24) is 47.9 Å². The number of amides is 8. The number of hydrogen-bond acceptors (Lipinski definition) is 11. The summed E-state index contributed by atoms with van der Waals surface area (Å²) in [5.41, 5.74) is 0. The van der Waals surface area contributed by atoms with Crippen LogP contribution in [0.4, 0.5) is 0 Å². The van der Waals surface area contributed by atoms with Crippen LogP contribution >= 0.6 is 0 Å². The van der Waals surface area contributed by atoms with E-state index in [0.717, 1.165) is 6.42 Å². The molecule has 1 heterocycles. The molecule has 1 aliphatic heterocycles. The molecule has 5 atom stereocenters. The molecule has 47 heavy (non-hydrogen) atoms. The van der Waals surface area contributed by atoms with Gasteiger partial charge in [-0.15, -0.1) is 0 Å². The highest BCUT2D eigenvalue weighted by Gasteiger charge is 2.29. The summed E-state index contributed by atoms with van der Waals surface area (Å²) in [6.07, 6.45) is 0.541. The van der Waals surface area contributed by atoms with Gasteiger partial charge < -0.3 is 58.1 Å².